The van der Waals surface area contributed by atoms with Gasteiger partial charge in [0.15, 0.2) is 5.69 Å². The Balaban J connectivity index is 3.27. The molecule has 1 rings (SSSR count). The number of nitrogens with zero attached hydrogens (tertiary/aromatic N) is 1. The highest BCUT2D eigenvalue weighted by Gasteiger charge is 2.23. The highest BCUT2D eigenvalue weighted by molar-refractivity contribution is 5.89. The highest BCUT2D eigenvalue weighted by atomic mass is 19.3. The molecule has 0 saturated heterocycles. The maximum atomic E-state index is 13.3. The van der Waals surface area contributed by atoms with E-state index < -0.39 is 29.6 Å². The van der Waals surface area contributed by atoms with E-state index in [0.717, 1.165) is 6.07 Å². The minimum absolute atomic E-state index is 0.0105. The van der Waals surface area contributed by atoms with E-state index in [2.05, 4.69) is 9.72 Å². The highest BCUT2D eigenvalue weighted by Crippen LogP contribution is 2.24. The molecule has 94 valence electrons. The third kappa shape index (κ3) is 2.94. The van der Waals surface area contributed by atoms with E-state index in [1.165, 1.54) is 6.92 Å². The number of aromatic nitrogens is 1. The van der Waals surface area contributed by atoms with Crippen LogP contribution in [-0.4, -0.2) is 17.6 Å². The largest absolute Gasteiger partial charge is 0.461 e. The Kier molecular flexibility index (Phi) is 4.45. The van der Waals surface area contributed by atoms with Crippen molar-refractivity contribution in [2.24, 2.45) is 5.73 Å². The van der Waals surface area contributed by atoms with Gasteiger partial charge in [0.2, 0.25) is 5.95 Å². The number of hydrogen-bond acceptors (Lipinski definition) is 4. The SMILES string of the molecule is CCOC(=O)c1nc(F)c(CN)cc1C(F)F. The number of rotatable bonds is 4. The Labute approximate surface area is 95.6 Å². The van der Waals surface area contributed by atoms with Crippen molar-refractivity contribution in [2.45, 2.75) is 19.9 Å². The number of hydrogen-bond donors (Lipinski definition) is 1. The van der Waals surface area contributed by atoms with Crippen molar-refractivity contribution in [1.29, 1.82) is 0 Å². The van der Waals surface area contributed by atoms with Gasteiger partial charge in [-0.25, -0.2) is 18.6 Å². The van der Waals surface area contributed by atoms with Crippen LogP contribution >= 0.6 is 0 Å². The minimum Gasteiger partial charge on any atom is -0.461 e. The van der Waals surface area contributed by atoms with Crippen LogP contribution in [0.15, 0.2) is 6.07 Å². The number of ether oxygens (including phenoxy) is 1. The summed E-state index contributed by atoms with van der Waals surface area (Å²) in [6.45, 7) is 1.22. The Morgan fingerprint density at radius 2 is 2.24 bits per heavy atom. The van der Waals surface area contributed by atoms with Crippen LogP contribution in [0.1, 0.15) is 35.0 Å². The molecule has 0 amide bonds. The van der Waals surface area contributed by atoms with Gasteiger partial charge in [0.05, 0.1) is 12.2 Å². The van der Waals surface area contributed by atoms with E-state index in [-0.39, 0.29) is 18.7 Å². The number of esters is 1. The van der Waals surface area contributed by atoms with Gasteiger partial charge >= 0.3 is 5.97 Å². The minimum atomic E-state index is -2.95. The summed E-state index contributed by atoms with van der Waals surface area (Å²) >= 11 is 0. The zero-order chi connectivity index (χ0) is 13.0. The smallest absolute Gasteiger partial charge is 0.357 e. The Bertz CT molecular complexity index is 424. The second-order valence-electron chi connectivity index (χ2n) is 3.10. The number of halogens is 3. The topological polar surface area (TPSA) is 65.2 Å². The fourth-order valence-electron chi connectivity index (χ4n) is 1.22. The summed E-state index contributed by atoms with van der Waals surface area (Å²) in [7, 11) is 0. The quantitative estimate of drug-likeness (QED) is 0.651. The van der Waals surface area contributed by atoms with Gasteiger partial charge < -0.3 is 10.5 Å². The zero-order valence-electron chi connectivity index (χ0n) is 9.04. The van der Waals surface area contributed by atoms with Crippen molar-refractivity contribution >= 4 is 5.97 Å². The van der Waals surface area contributed by atoms with Crippen LogP contribution in [-0.2, 0) is 11.3 Å². The number of carbonyl (C=O) groups is 1. The molecule has 0 aromatic carbocycles. The third-order valence-corrected chi connectivity index (χ3v) is 2.00. The molecular weight excluding hydrogens is 237 g/mol. The van der Waals surface area contributed by atoms with Gasteiger partial charge in [-0.05, 0) is 13.0 Å². The predicted octanol–water partition coefficient (Wildman–Crippen LogP) is 1.79. The van der Waals surface area contributed by atoms with Gasteiger partial charge in [-0.1, -0.05) is 0 Å². The molecule has 0 saturated carbocycles. The van der Waals surface area contributed by atoms with E-state index in [1.54, 1.807) is 0 Å². The molecule has 0 aliphatic rings. The molecule has 0 radical (unpaired) electrons. The van der Waals surface area contributed by atoms with E-state index in [1.807, 2.05) is 0 Å². The summed E-state index contributed by atoms with van der Waals surface area (Å²) in [5.74, 6) is -2.12. The van der Waals surface area contributed by atoms with Gasteiger partial charge in [-0.3, -0.25) is 0 Å². The van der Waals surface area contributed by atoms with Gasteiger partial charge in [-0.2, -0.15) is 4.39 Å². The molecule has 0 bridgehead atoms. The molecule has 0 unspecified atom stereocenters. The molecule has 0 aliphatic heterocycles. The molecular formula is C10H11F3N2O2. The molecule has 0 fully saturated rings. The summed E-state index contributed by atoms with van der Waals surface area (Å²) in [5.41, 5.74) is 3.60. The normalized spacial score (nSPS) is 10.7. The summed E-state index contributed by atoms with van der Waals surface area (Å²) in [5, 5.41) is 0. The molecule has 1 heterocycles. The van der Waals surface area contributed by atoms with Crippen molar-refractivity contribution in [3.8, 4) is 0 Å². The number of alkyl halides is 2. The molecule has 2 N–H and O–H groups in total. The van der Waals surface area contributed by atoms with E-state index in [4.69, 9.17) is 5.73 Å². The first-order chi connectivity index (χ1) is 8.01. The molecule has 1 aromatic heterocycles. The number of carbonyl (C=O) groups excluding carboxylic acids is 1. The van der Waals surface area contributed by atoms with E-state index >= 15 is 0 Å². The van der Waals surface area contributed by atoms with E-state index in [0.29, 0.717) is 0 Å². The van der Waals surface area contributed by atoms with Crippen LogP contribution in [0.4, 0.5) is 13.2 Å². The molecule has 0 spiro atoms. The van der Waals surface area contributed by atoms with Gasteiger partial charge in [-0.15, -0.1) is 0 Å². The average Bonchev–Trinajstić information content (AvgIpc) is 2.28. The summed E-state index contributed by atoms with van der Waals surface area (Å²) in [6.07, 6.45) is -2.95. The predicted molar refractivity (Wildman–Crippen MR) is 53.0 cm³/mol. The van der Waals surface area contributed by atoms with Crippen LogP contribution in [0.25, 0.3) is 0 Å². The van der Waals surface area contributed by atoms with Crippen LogP contribution < -0.4 is 5.73 Å². The average molecular weight is 248 g/mol. The molecule has 0 aliphatic carbocycles. The second kappa shape index (κ2) is 5.62. The third-order valence-electron chi connectivity index (χ3n) is 2.00. The Hall–Kier alpha value is -1.63. The first kappa shape index (κ1) is 13.4. The van der Waals surface area contributed by atoms with E-state index in [9.17, 15) is 18.0 Å². The van der Waals surface area contributed by atoms with Gasteiger partial charge in [0, 0.05) is 12.1 Å². The maximum Gasteiger partial charge on any atom is 0.357 e. The van der Waals surface area contributed by atoms with Crippen molar-refractivity contribution in [3.05, 3.63) is 28.8 Å². The lowest BCUT2D eigenvalue weighted by molar-refractivity contribution is 0.0505. The van der Waals surface area contributed by atoms with Crippen LogP contribution in [0.5, 0.6) is 0 Å². The summed E-state index contributed by atoms with van der Waals surface area (Å²) < 4.78 is 43.1. The first-order valence-electron chi connectivity index (χ1n) is 4.85. The molecule has 17 heavy (non-hydrogen) atoms. The maximum absolute atomic E-state index is 13.3. The van der Waals surface area contributed by atoms with Crippen molar-refractivity contribution in [1.82, 2.24) is 4.98 Å². The Morgan fingerprint density at radius 1 is 1.59 bits per heavy atom. The van der Waals surface area contributed by atoms with Crippen molar-refractivity contribution in [2.75, 3.05) is 6.61 Å². The van der Waals surface area contributed by atoms with Crippen molar-refractivity contribution in [3.63, 3.8) is 0 Å². The van der Waals surface area contributed by atoms with Gasteiger partial charge in [0.25, 0.3) is 6.43 Å². The van der Waals surface area contributed by atoms with Crippen molar-refractivity contribution < 1.29 is 22.7 Å². The fraction of sp³-hybridized carbons (Fsp3) is 0.400. The number of pyridine rings is 1. The summed E-state index contributed by atoms with van der Waals surface area (Å²) in [6, 6.07) is 0.833. The number of nitrogens with two attached hydrogens (primary N) is 1. The standard InChI is InChI=1S/C10H11F3N2O2/c1-2-17-10(16)7-6(8(11)12)3-5(4-14)9(13)15-7/h3,8H,2,4,14H2,1H3. The second-order valence-corrected chi connectivity index (χ2v) is 3.10. The van der Waals surface area contributed by atoms with Gasteiger partial charge in [0.1, 0.15) is 0 Å². The summed E-state index contributed by atoms with van der Waals surface area (Å²) in [4.78, 5) is 14.5. The van der Waals surface area contributed by atoms with Crippen LogP contribution in [0.3, 0.4) is 0 Å². The molecule has 7 heteroatoms. The molecule has 0 atom stereocenters. The van der Waals surface area contributed by atoms with Crippen LogP contribution in [0.2, 0.25) is 0 Å². The first-order valence-corrected chi connectivity index (χ1v) is 4.85. The molecule has 4 nitrogen and oxygen atoms in total. The van der Waals surface area contributed by atoms with Crippen LogP contribution in [0, 0.1) is 5.95 Å². The Morgan fingerprint density at radius 3 is 2.71 bits per heavy atom. The molecule has 1 aromatic rings. The lowest BCUT2D eigenvalue weighted by Gasteiger charge is -2.09. The fourth-order valence-corrected chi connectivity index (χ4v) is 1.22. The lowest BCUT2D eigenvalue weighted by Crippen LogP contribution is -2.14. The lowest BCUT2D eigenvalue weighted by atomic mass is 10.1. The zero-order valence-corrected chi connectivity index (χ0v) is 9.04. The monoisotopic (exact) mass is 248 g/mol.